The highest BCUT2D eigenvalue weighted by Gasteiger charge is 2.27. The summed E-state index contributed by atoms with van der Waals surface area (Å²) in [5.41, 5.74) is 0. The van der Waals surface area contributed by atoms with Crippen LogP contribution in [0.4, 0.5) is 0 Å². The number of rotatable bonds is 37. The van der Waals surface area contributed by atoms with Gasteiger partial charge in [-0.1, -0.05) is 139 Å². The lowest BCUT2D eigenvalue weighted by Gasteiger charge is -2.25. The predicted octanol–water partition coefficient (Wildman–Crippen LogP) is 11.5. The molecule has 0 spiro atoms. The van der Waals surface area contributed by atoms with Crippen molar-refractivity contribution >= 4 is 13.7 Å². The highest BCUT2D eigenvalue weighted by atomic mass is 31.2. The number of hydrogen-bond acceptors (Lipinski definition) is 5. The van der Waals surface area contributed by atoms with E-state index in [4.69, 9.17) is 9.05 Å². The summed E-state index contributed by atoms with van der Waals surface area (Å²) in [5.74, 6) is -0.209. The lowest BCUT2D eigenvalue weighted by atomic mass is 10.1. The fourth-order valence-electron chi connectivity index (χ4n) is 5.51. The molecule has 0 saturated carbocycles. The van der Waals surface area contributed by atoms with Gasteiger partial charge >= 0.3 is 7.82 Å². The number of aliphatic hydroxyl groups is 1. The van der Waals surface area contributed by atoms with Crippen LogP contribution in [-0.2, 0) is 18.4 Å². The molecule has 8 nitrogen and oxygen atoms in total. The molecule has 3 unspecified atom stereocenters. The Morgan fingerprint density at radius 3 is 1.64 bits per heavy atom. The number of carbonyl (C=O) groups excluding carboxylic acids is 1. The first kappa shape index (κ1) is 51.2. The average molecular weight is 766 g/mol. The Morgan fingerprint density at radius 1 is 0.642 bits per heavy atom. The minimum absolute atomic E-state index is 0.0482. The van der Waals surface area contributed by atoms with Crippen LogP contribution in [0.25, 0.3) is 0 Å². The minimum Gasteiger partial charge on any atom is -0.387 e. The second-order valence-corrected chi connectivity index (χ2v) is 16.8. The van der Waals surface area contributed by atoms with Gasteiger partial charge in [-0.25, -0.2) is 4.57 Å². The van der Waals surface area contributed by atoms with Crippen LogP contribution in [0.3, 0.4) is 0 Å². The molecule has 0 aromatic carbocycles. The molecule has 0 aliphatic carbocycles. The fraction of sp³-hybridized carbons (Fsp3) is 0.750. The van der Waals surface area contributed by atoms with Crippen LogP contribution in [0.2, 0.25) is 0 Å². The zero-order valence-electron chi connectivity index (χ0n) is 34.7. The van der Waals surface area contributed by atoms with Crippen LogP contribution in [0.15, 0.2) is 60.8 Å². The number of nitrogens with one attached hydrogen (secondary N) is 1. The van der Waals surface area contributed by atoms with Crippen molar-refractivity contribution in [3.05, 3.63) is 60.8 Å². The second-order valence-electron chi connectivity index (χ2n) is 15.3. The van der Waals surface area contributed by atoms with Gasteiger partial charge in [0.05, 0.1) is 39.9 Å². The highest BCUT2D eigenvalue weighted by Crippen LogP contribution is 2.43. The fourth-order valence-corrected chi connectivity index (χ4v) is 6.25. The van der Waals surface area contributed by atoms with E-state index in [2.05, 4.69) is 67.8 Å². The monoisotopic (exact) mass is 766 g/mol. The average Bonchev–Trinajstić information content (AvgIpc) is 3.10. The highest BCUT2D eigenvalue weighted by molar-refractivity contribution is 7.47. The largest absolute Gasteiger partial charge is 0.472 e. The lowest BCUT2D eigenvalue weighted by Crippen LogP contribution is -2.45. The normalized spacial score (nSPS) is 15.1. The molecule has 0 aliphatic heterocycles. The Labute approximate surface area is 326 Å². The van der Waals surface area contributed by atoms with E-state index in [9.17, 15) is 19.4 Å². The first-order valence-electron chi connectivity index (χ1n) is 21.2. The molecule has 0 aromatic heterocycles. The number of unbranched alkanes of at least 4 members (excludes halogenated alkanes) is 16. The summed E-state index contributed by atoms with van der Waals surface area (Å²) >= 11 is 0. The van der Waals surface area contributed by atoms with Crippen molar-refractivity contribution in [1.29, 1.82) is 0 Å². The predicted molar refractivity (Wildman–Crippen MR) is 226 cm³/mol. The molecule has 3 N–H and O–H groups in total. The maximum Gasteiger partial charge on any atom is 0.472 e. The van der Waals surface area contributed by atoms with Gasteiger partial charge in [-0.15, -0.1) is 0 Å². The quantitative estimate of drug-likeness (QED) is 0.0252. The molecule has 0 bridgehead atoms. The summed E-state index contributed by atoms with van der Waals surface area (Å²) < 4.78 is 23.5. The molecule has 0 aromatic rings. The smallest absolute Gasteiger partial charge is 0.387 e. The number of carbonyl (C=O) groups is 1. The van der Waals surface area contributed by atoms with Crippen LogP contribution >= 0.6 is 7.82 Å². The summed E-state index contributed by atoms with van der Waals surface area (Å²) in [4.78, 5) is 23.1. The number of phosphoric acid groups is 1. The molecule has 1 amide bonds. The summed E-state index contributed by atoms with van der Waals surface area (Å²) in [7, 11) is 1.53. The molecule has 0 rings (SSSR count). The molecule has 0 radical (unpaired) electrons. The first-order valence-corrected chi connectivity index (χ1v) is 22.7. The van der Waals surface area contributed by atoms with E-state index in [1.807, 2.05) is 27.2 Å². The van der Waals surface area contributed by atoms with Crippen LogP contribution in [0.5, 0.6) is 0 Å². The van der Waals surface area contributed by atoms with Crippen molar-refractivity contribution in [1.82, 2.24) is 5.32 Å². The standard InChI is InChI=1S/C44H81N2O6P/c1-6-8-10-12-14-16-18-20-22-24-26-28-30-32-34-36-38-44(48)45-42(41-52-53(49,50)51-40-39-46(3,4)5)43(47)37-35-33-31-29-27-25-23-21-19-17-15-13-11-9-7-2/h16,18-19,21-22,24,27,29,35,37,42-43,47H,6-15,17,20,23,25-26,28,30-34,36,38-41H2,1-5H3,(H-,45,48,49,50)/p+1/b18-16-,21-19+,24-22-,29-27+,37-35+. The van der Waals surface area contributed by atoms with E-state index in [1.165, 1.54) is 70.6 Å². The maximum absolute atomic E-state index is 12.8. The molecule has 0 fully saturated rings. The number of nitrogens with zero attached hydrogens (tertiary/aromatic N) is 1. The minimum atomic E-state index is -4.35. The summed E-state index contributed by atoms with van der Waals surface area (Å²) in [6.45, 7) is 4.71. The van der Waals surface area contributed by atoms with Gasteiger partial charge in [0.25, 0.3) is 0 Å². The molecule has 3 atom stereocenters. The van der Waals surface area contributed by atoms with Gasteiger partial charge in [-0.3, -0.25) is 13.8 Å². The SMILES string of the molecule is CCCCCC/C=C\C/C=C\CCCCCCCC(=O)NC(COP(=O)(O)OCC[N+](C)(C)C)C(O)/C=C/CC/C=C/CC/C=C/CCCCCCC. The van der Waals surface area contributed by atoms with Crippen LogP contribution in [-0.4, -0.2) is 73.4 Å². The summed E-state index contributed by atoms with van der Waals surface area (Å²) in [6, 6.07) is -0.877. The molecule has 0 aliphatic rings. The summed E-state index contributed by atoms with van der Waals surface area (Å²) in [5, 5.41) is 13.8. The van der Waals surface area contributed by atoms with Crippen molar-refractivity contribution in [3.8, 4) is 0 Å². The third kappa shape index (κ3) is 38.3. The number of aliphatic hydroxyl groups excluding tert-OH is 1. The van der Waals surface area contributed by atoms with Gasteiger partial charge < -0.3 is 19.8 Å². The number of likely N-dealkylation sites (N-methyl/N-ethyl adjacent to an activating group) is 1. The molecule has 53 heavy (non-hydrogen) atoms. The van der Waals surface area contributed by atoms with E-state index in [1.54, 1.807) is 6.08 Å². The summed E-state index contributed by atoms with van der Waals surface area (Å²) in [6.07, 6.45) is 45.7. The van der Waals surface area contributed by atoms with Crippen LogP contribution in [0.1, 0.15) is 162 Å². The van der Waals surface area contributed by atoms with Crippen molar-refractivity contribution in [2.45, 2.75) is 174 Å². The zero-order valence-corrected chi connectivity index (χ0v) is 35.6. The lowest BCUT2D eigenvalue weighted by molar-refractivity contribution is -0.870. The van der Waals surface area contributed by atoms with E-state index >= 15 is 0 Å². The van der Waals surface area contributed by atoms with Gasteiger partial charge in [0.15, 0.2) is 0 Å². The van der Waals surface area contributed by atoms with Gasteiger partial charge in [0, 0.05) is 6.42 Å². The van der Waals surface area contributed by atoms with E-state index in [0.717, 1.165) is 70.6 Å². The molecular weight excluding hydrogens is 683 g/mol. The number of quaternary nitrogens is 1. The Kier molecular flexibility index (Phi) is 34.7. The second kappa shape index (κ2) is 35.9. The zero-order chi connectivity index (χ0) is 39.3. The first-order chi connectivity index (χ1) is 25.5. The maximum atomic E-state index is 12.8. The third-order valence-corrected chi connectivity index (χ3v) is 9.92. The Bertz CT molecular complexity index is 1050. The molecular formula is C44H82N2O6P+. The number of amides is 1. The Balaban J connectivity index is 4.59. The number of hydrogen-bond donors (Lipinski definition) is 3. The van der Waals surface area contributed by atoms with Gasteiger partial charge in [0.2, 0.25) is 5.91 Å². The topological polar surface area (TPSA) is 105 Å². The van der Waals surface area contributed by atoms with Crippen molar-refractivity contribution in [2.24, 2.45) is 0 Å². The van der Waals surface area contributed by atoms with Crippen LogP contribution in [0, 0.1) is 0 Å². The number of phosphoric ester groups is 1. The molecule has 0 heterocycles. The third-order valence-electron chi connectivity index (χ3n) is 8.94. The molecule has 9 heteroatoms. The van der Waals surface area contributed by atoms with E-state index in [-0.39, 0.29) is 19.1 Å². The van der Waals surface area contributed by atoms with Crippen LogP contribution < -0.4 is 5.32 Å². The van der Waals surface area contributed by atoms with E-state index in [0.29, 0.717) is 17.4 Å². The Hall–Kier alpha value is -1.80. The molecule has 308 valence electrons. The van der Waals surface area contributed by atoms with Gasteiger partial charge in [-0.2, -0.15) is 0 Å². The van der Waals surface area contributed by atoms with Crippen molar-refractivity contribution in [2.75, 3.05) is 40.9 Å². The molecule has 0 saturated heterocycles. The van der Waals surface area contributed by atoms with Crippen molar-refractivity contribution < 1.29 is 32.9 Å². The number of allylic oxidation sites excluding steroid dienone is 9. The van der Waals surface area contributed by atoms with Gasteiger partial charge in [-0.05, 0) is 77.0 Å². The van der Waals surface area contributed by atoms with Crippen molar-refractivity contribution in [3.63, 3.8) is 0 Å². The van der Waals surface area contributed by atoms with E-state index < -0.39 is 20.0 Å². The van der Waals surface area contributed by atoms with Gasteiger partial charge in [0.1, 0.15) is 13.2 Å². The Morgan fingerprint density at radius 2 is 1.09 bits per heavy atom.